The molecule has 1 aromatic heterocycles. The van der Waals surface area contributed by atoms with E-state index in [0.717, 1.165) is 22.4 Å². The Bertz CT molecular complexity index is 2200. The van der Waals surface area contributed by atoms with Gasteiger partial charge in [0.15, 0.2) is 0 Å². The average Bonchev–Trinajstić information content (AvgIpc) is 3.47. The van der Waals surface area contributed by atoms with Crippen molar-refractivity contribution in [1.29, 1.82) is 0 Å². The van der Waals surface area contributed by atoms with Gasteiger partial charge in [0, 0.05) is 67.7 Å². The number of amides is 6. The molecule has 2 aliphatic heterocycles. The van der Waals surface area contributed by atoms with Crippen molar-refractivity contribution < 1.29 is 43.0 Å². The number of nitrogens with one attached hydrogen (secondary N) is 4. The summed E-state index contributed by atoms with van der Waals surface area (Å²) in [5.41, 5.74) is 2.57. The summed E-state index contributed by atoms with van der Waals surface area (Å²) in [6, 6.07) is 7.42. The third-order valence-electron chi connectivity index (χ3n) is 11.1. The number of hydrogen-bond donors (Lipinski definition) is 4. The number of aromatic nitrogens is 2. The second-order valence-electron chi connectivity index (χ2n) is 16.8. The molecule has 2 unspecified atom stereocenters. The van der Waals surface area contributed by atoms with Gasteiger partial charge in [0.2, 0.25) is 23.6 Å². The first-order chi connectivity index (χ1) is 28.9. The van der Waals surface area contributed by atoms with Crippen LogP contribution in [0.15, 0.2) is 41.3 Å². The van der Waals surface area contributed by atoms with E-state index in [1.54, 1.807) is 46.5 Å². The van der Waals surface area contributed by atoms with Crippen molar-refractivity contribution in [3.8, 4) is 22.8 Å². The van der Waals surface area contributed by atoms with Gasteiger partial charge in [0.1, 0.15) is 23.2 Å². The number of fused-ring (bicyclic) bond motifs is 1. The Morgan fingerprint density at radius 3 is 2.23 bits per heavy atom. The second-order valence-corrected chi connectivity index (χ2v) is 16.8. The Morgan fingerprint density at radius 2 is 1.59 bits per heavy atom. The highest BCUT2D eigenvalue weighted by molar-refractivity contribution is 6.23. The molecule has 328 valence electrons. The lowest BCUT2D eigenvalue weighted by Crippen LogP contribution is -2.54. The minimum absolute atomic E-state index is 0.0401. The molecular weight excluding hydrogens is 787 g/mol. The lowest BCUT2D eigenvalue weighted by Gasteiger charge is -2.31. The number of carbonyl (C=O) groups excluding carboxylic acids is 6. The van der Waals surface area contributed by atoms with Crippen molar-refractivity contribution in [2.75, 3.05) is 47.1 Å². The maximum absolute atomic E-state index is 13.2. The fourth-order valence-electron chi connectivity index (χ4n) is 7.14. The maximum atomic E-state index is 13.2. The van der Waals surface area contributed by atoms with Crippen molar-refractivity contribution in [1.82, 2.24) is 35.7 Å². The van der Waals surface area contributed by atoms with Crippen molar-refractivity contribution in [3.05, 3.63) is 74.8 Å². The van der Waals surface area contributed by atoms with Gasteiger partial charge in [-0.15, -0.1) is 0 Å². The van der Waals surface area contributed by atoms with Crippen LogP contribution in [0.1, 0.15) is 90.9 Å². The molecule has 2 aliphatic rings. The van der Waals surface area contributed by atoms with E-state index in [1.807, 2.05) is 39.8 Å². The number of nitrogens with zero attached hydrogens (tertiary/aromatic N) is 3. The van der Waals surface area contributed by atoms with Crippen LogP contribution in [0.2, 0.25) is 0 Å². The normalized spacial score (nSPS) is 16.2. The van der Waals surface area contributed by atoms with Gasteiger partial charge in [-0.3, -0.25) is 43.8 Å². The Balaban J connectivity index is 1.03. The summed E-state index contributed by atoms with van der Waals surface area (Å²) in [4.78, 5) is 93.4. The van der Waals surface area contributed by atoms with E-state index in [0.29, 0.717) is 67.7 Å². The lowest BCUT2D eigenvalue weighted by molar-refractivity contribution is -0.136. The Hall–Kier alpha value is -5.94. The molecule has 6 amide bonds. The quantitative estimate of drug-likeness (QED) is 0.121. The molecule has 0 aliphatic carbocycles. The number of ether oxygens (including phenoxy) is 3. The van der Waals surface area contributed by atoms with Gasteiger partial charge in [0.25, 0.3) is 17.4 Å². The van der Waals surface area contributed by atoms with Crippen molar-refractivity contribution in [3.63, 3.8) is 0 Å². The van der Waals surface area contributed by atoms with Crippen LogP contribution in [-0.4, -0.2) is 103 Å². The minimum Gasteiger partial charge on any atom is -0.496 e. The zero-order chi connectivity index (χ0) is 44.6. The lowest BCUT2D eigenvalue weighted by atomic mass is 9.88. The SMILES string of the molecule is CCC(C)(CNC(=O)CNCc1c(OC)cc(-c2cn(C)c(=O)c(C)n2)cc1OC)COCC(C)(C)CNC(=O)CCc1ccc2c(c1)C(=O)N(C1CCC(=O)NC1=O)C2=O. The predicted molar refractivity (Wildman–Crippen MR) is 225 cm³/mol. The summed E-state index contributed by atoms with van der Waals surface area (Å²) < 4.78 is 19.0. The van der Waals surface area contributed by atoms with Crippen molar-refractivity contribution in [2.45, 2.75) is 79.3 Å². The van der Waals surface area contributed by atoms with Crippen LogP contribution >= 0.6 is 0 Å². The molecule has 1 fully saturated rings. The Morgan fingerprint density at radius 1 is 0.918 bits per heavy atom. The molecule has 3 aromatic rings. The molecule has 1 saturated heterocycles. The first kappa shape index (κ1) is 46.1. The molecule has 0 radical (unpaired) electrons. The third-order valence-corrected chi connectivity index (χ3v) is 11.1. The molecule has 17 nitrogen and oxygen atoms in total. The van der Waals surface area contributed by atoms with Gasteiger partial charge in [-0.2, -0.15) is 0 Å². The number of benzene rings is 2. The molecule has 61 heavy (non-hydrogen) atoms. The van der Waals surface area contributed by atoms with E-state index in [4.69, 9.17) is 14.2 Å². The van der Waals surface area contributed by atoms with Gasteiger partial charge < -0.3 is 34.7 Å². The summed E-state index contributed by atoms with van der Waals surface area (Å²) in [5, 5.41) is 11.3. The number of imide groups is 2. The Kier molecular flexibility index (Phi) is 14.8. The molecule has 2 atom stereocenters. The maximum Gasteiger partial charge on any atom is 0.271 e. The van der Waals surface area contributed by atoms with E-state index in [-0.39, 0.29) is 59.7 Å². The Labute approximate surface area is 355 Å². The fraction of sp³-hybridized carbons (Fsp3) is 0.500. The smallest absolute Gasteiger partial charge is 0.271 e. The summed E-state index contributed by atoms with van der Waals surface area (Å²) >= 11 is 0. The van der Waals surface area contributed by atoms with E-state index in [2.05, 4.69) is 26.3 Å². The number of hydrogen-bond acceptors (Lipinski definition) is 12. The monoisotopic (exact) mass is 843 g/mol. The molecule has 0 bridgehead atoms. The van der Waals surface area contributed by atoms with Crippen molar-refractivity contribution in [2.24, 2.45) is 17.9 Å². The highest BCUT2D eigenvalue weighted by Crippen LogP contribution is 2.35. The van der Waals surface area contributed by atoms with Gasteiger partial charge in [-0.05, 0) is 56.0 Å². The van der Waals surface area contributed by atoms with Gasteiger partial charge >= 0.3 is 0 Å². The van der Waals surface area contributed by atoms with Gasteiger partial charge in [-0.25, -0.2) is 4.98 Å². The number of carbonyl (C=O) groups is 6. The molecule has 5 rings (SSSR count). The molecule has 2 aromatic carbocycles. The van der Waals surface area contributed by atoms with Crippen LogP contribution in [-0.2, 0) is 43.9 Å². The topological polar surface area (TPSA) is 216 Å². The zero-order valence-corrected chi connectivity index (χ0v) is 36.2. The molecule has 17 heteroatoms. The van der Waals surface area contributed by atoms with E-state index in [9.17, 15) is 33.6 Å². The molecular formula is C44H57N7O10. The third kappa shape index (κ3) is 11.3. The van der Waals surface area contributed by atoms with Crippen LogP contribution in [0.4, 0.5) is 0 Å². The number of methoxy groups -OCH3 is 2. The summed E-state index contributed by atoms with van der Waals surface area (Å²) in [5.74, 6) is -1.55. The number of rotatable bonds is 20. The summed E-state index contributed by atoms with van der Waals surface area (Å²) in [6.07, 6.45) is 3.01. The highest BCUT2D eigenvalue weighted by atomic mass is 16.5. The fourth-order valence-corrected chi connectivity index (χ4v) is 7.14. The number of aryl methyl sites for hydroxylation is 3. The number of piperidine rings is 1. The van der Waals surface area contributed by atoms with Gasteiger partial charge in [-0.1, -0.05) is 33.8 Å². The van der Waals surface area contributed by atoms with Crippen LogP contribution in [0, 0.1) is 17.8 Å². The van der Waals surface area contributed by atoms with Gasteiger partial charge in [0.05, 0.1) is 50.8 Å². The first-order valence-electron chi connectivity index (χ1n) is 20.3. The summed E-state index contributed by atoms with van der Waals surface area (Å²) in [7, 11) is 4.78. The second kappa shape index (κ2) is 19.6. The standard InChI is InChI=1S/C44H57N7O10/c1-9-44(5,23-47-38(54)20-45-19-31-34(59-7)17-28(18-35(31)60-8)32-21-50(6)40(56)26(2)48-32)25-61-24-43(3,4)22-46-36(52)14-11-27-10-12-29-30(16-27)42(58)51(41(29)57)33-13-15-37(53)49-39(33)55/h10,12,16-18,21,33,45H,9,11,13-15,19-20,22-25H2,1-8H3,(H,46,52)(H,47,54)(H,49,53,55). The summed E-state index contributed by atoms with van der Waals surface area (Å²) in [6.45, 7) is 11.6. The minimum atomic E-state index is -1.04. The largest absolute Gasteiger partial charge is 0.496 e. The molecule has 0 spiro atoms. The average molecular weight is 844 g/mol. The van der Waals surface area contributed by atoms with E-state index >= 15 is 0 Å². The van der Waals surface area contributed by atoms with Crippen LogP contribution in [0.5, 0.6) is 11.5 Å². The molecule has 4 N–H and O–H groups in total. The van der Waals surface area contributed by atoms with Crippen LogP contribution < -0.4 is 36.3 Å². The van der Waals surface area contributed by atoms with Crippen molar-refractivity contribution >= 4 is 35.4 Å². The predicted octanol–water partition coefficient (Wildman–Crippen LogP) is 2.59. The molecule has 0 saturated carbocycles. The highest BCUT2D eigenvalue weighted by Gasteiger charge is 2.44. The zero-order valence-electron chi connectivity index (χ0n) is 36.2. The van der Waals surface area contributed by atoms with E-state index in [1.165, 1.54) is 10.6 Å². The van der Waals surface area contributed by atoms with E-state index < -0.39 is 35.1 Å². The van der Waals surface area contributed by atoms with Crippen LogP contribution in [0.25, 0.3) is 11.3 Å². The van der Waals surface area contributed by atoms with Crippen LogP contribution in [0.3, 0.4) is 0 Å². The first-order valence-corrected chi connectivity index (χ1v) is 20.3. The molecule has 3 heterocycles.